The van der Waals surface area contributed by atoms with Gasteiger partial charge in [0.25, 0.3) is 5.56 Å². The molecule has 1 N–H and O–H groups in total. The number of carbonyl (C=O) groups excluding carboxylic acids is 1. The number of hydrogen-bond acceptors (Lipinski definition) is 5. The van der Waals surface area contributed by atoms with Gasteiger partial charge in [0.1, 0.15) is 5.02 Å². The van der Waals surface area contributed by atoms with E-state index in [2.05, 4.69) is 9.72 Å². The van der Waals surface area contributed by atoms with Crippen molar-refractivity contribution >= 4 is 27.6 Å². The van der Waals surface area contributed by atoms with Gasteiger partial charge in [-0.1, -0.05) is 11.6 Å². The number of halogens is 1. The summed E-state index contributed by atoms with van der Waals surface area (Å²) in [4.78, 5) is 24.1. The zero-order chi connectivity index (χ0) is 14.6. The van der Waals surface area contributed by atoms with Crippen LogP contribution in [0.3, 0.4) is 0 Å². The molecule has 0 radical (unpaired) electrons. The molecule has 0 saturated carbocycles. The van der Waals surface area contributed by atoms with E-state index in [0.29, 0.717) is 0 Å². The van der Waals surface area contributed by atoms with Gasteiger partial charge in [0.2, 0.25) is 10.0 Å². The minimum atomic E-state index is -3.81. The van der Waals surface area contributed by atoms with Gasteiger partial charge >= 0.3 is 5.97 Å². The highest BCUT2D eigenvalue weighted by Gasteiger charge is 2.22. The Hall–Kier alpha value is -1.38. The number of aromatic amines is 1. The van der Waals surface area contributed by atoms with Crippen LogP contribution in [0.15, 0.2) is 22.0 Å². The lowest BCUT2D eigenvalue weighted by molar-refractivity contribution is -0.140. The summed E-state index contributed by atoms with van der Waals surface area (Å²) in [6.07, 6.45) is 0.988. The summed E-state index contributed by atoms with van der Waals surface area (Å²) in [5.74, 6) is -0.512. The van der Waals surface area contributed by atoms with Crippen LogP contribution in [-0.4, -0.2) is 44.4 Å². The molecule has 0 bridgehead atoms. The van der Waals surface area contributed by atoms with Gasteiger partial charge < -0.3 is 9.72 Å². The van der Waals surface area contributed by atoms with Crippen molar-refractivity contribution in [1.82, 2.24) is 9.29 Å². The van der Waals surface area contributed by atoms with Crippen molar-refractivity contribution < 1.29 is 17.9 Å². The van der Waals surface area contributed by atoms with Gasteiger partial charge in [0, 0.05) is 19.8 Å². The average molecular weight is 309 g/mol. The van der Waals surface area contributed by atoms with Crippen LogP contribution < -0.4 is 5.56 Å². The highest BCUT2D eigenvalue weighted by molar-refractivity contribution is 7.89. The number of nitrogens with one attached hydrogen (secondary N) is 1. The Balaban J connectivity index is 2.93. The smallest absolute Gasteiger partial charge is 0.306 e. The number of nitrogens with zero attached hydrogens (tertiary/aromatic N) is 1. The summed E-state index contributed by atoms with van der Waals surface area (Å²) >= 11 is 5.57. The second kappa shape index (κ2) is 6.18. The topological polar surface area (TPSA) is 96.5 Å². The van der Waals surface area contributed by atoms with Crippen LogP contribution in [-0.2, 0) is 19.6 Å². The first-order valence-corrected chi connectivity index (χ1v) is 7.02. The zero-order valence-corrected chi connectivity index (χ0v) is 11.9. The maximum atomic E-state index is 12.1. The molecule has 0 aliphatic heterocycles. The Bertz CT molecular complexity index is 625. The monoisotopic (exact) mass is 308 g/mol. The van der Waals surface area contributed by atoms with Gasteiger partial charge in [-0.3, -0.25) is 9.59 Å². The van der Waals surface area contributed by atoms with Crippen LogP contribution in [0.25, 0.3) is 0 Å². The molecule has 7 nitrogen and oxygen atoms in total. The number of aromatic nitrogens is 1. The molecular weight excluding hydrogens is 296 g/mol. The standard InChI is InChI=1S/C10H13ClN2O5S/c1-13(4-3-9(14)18-2)19(16,17)7-5-8(11)10(15)12-6-7/h5-6H,3-4H2,1-2H3,(H,12,15). The van der Waals surface area contributed by atoms with E-state index >= 15 is 0 Å². The van der Waals surface area contributed by atoms with E-state index in [1.165, 1.54) is 14.2 Å². The molecule has 1 aromatic rings. The summed E-state index contributed by atoms with van der Waals surface area (Å²) in [6.45, 7) is -0.0360. The number of H-pyrrole nitrogens is 1. The fraction of sp³-hybridized carbons (Fsp3) is 0.400. The minimum absolute atomic E-state index is 0.0360. The van der Waals surface area contributed by atoms with E-state index in [9.17, 15) is 18.0 Å². The van der Waals surface area contributed by atoms with Gasteiger partial charge in [-0.15, -0.1) is 0 Å². The molecule has 0 aliphatic rings. The van der Waals surface area contributed by atoms with E-state index < -0.39 is 21.6 Å². The van der Waals surface area contributed by atoms with Crippen molar-refractivity contribution in [3.63, 3.8) is 0 Å². The molecule has 0 aromatic carbocycles. The molecule has 1 aromatic heterocycles. The first-order chi connectivity index (χ1) is 8.78. The zero-order valence-electron chi connectivity index (χ0n) is 10.3. The van der Waals surface area contributed by atoms with Crippen LogP contribution in [0.2, 0.25) is 5.02 Å². The summed E-state index contributed by atoms with van der Waals surface area (Å²) in [7, 11) is -1.27. The quantitative estimate of drug-likeness (QED) is 0.784. The Kier molecular flexibility index (Phi) is 5.10. The Labute approximate surface area is 115 Å². The lowest BCUT2D eigenvalue weighted by Gasteiger charge is -2.16. The van der Waals surface area contributed by atoms with Gasteiger partial charge in [0.05, 0.1) is 18.4 Å². The number of carbonyl (C=O) groups is 1. The van der Waals surface area contributed by atoms with E-state index in [0.717, 1.165) is 16.6 Å². The van der Waals surface area contributed by atoms with Gasteiger partial charge in [-0.25, -0.2) is 12.7 Å². The van der Waals surface area contributed by atoms with Crippen molar-refractivity contribution in [3.05, 3.63) is 27.6 Å². The predicted molar refractivity (Wildman–Crippen MR) is 68.5 cm³/mol. The molecule has 1 heterocycles. The molecule has 0 saturated heterocycles. The second-order valence-corrected chi connectivity index (χ2v) is 6.12. The highest BCUT2D eigenvalue weighted by Crippen LogP contribution is 2.15. The Morgan fingerprint density at radius 3 is 2.68 bits per heavy atom. The molecular formula is C10H13ClN2O5S. The Morgan fingerprint density at radius 2 is 2.16 bits per heavy atom. The SMILES string of the molecule is COC(=O)CCN(C)S(=O)(=O)c1c[nH]c(=O)c(Cl)c1. The predicted octanol–water partition coefficient (Wildman–Crippen LogP) is 0.212. The number of rotatable bonds is 5. The summed E-state index contributed by atoms with van der Waals surface area (Å²) in [5, 5.41) is -0.220. The normalized spacial score (nSPS) is 11.6. The number of pyridine rings is 1. The van der Waals surface area contributed by atoms with Crippen molar-refractivity contribution in [2.24, 2.45) is 0 Å². The summed E-state index contributed by atoms with van der Waals surface area (Å²) < 4.78 is 29.6. The molecule has 19 heavy (non-hydrogen) atoms. The maximum absolute atomic E-state index is 12.1. The van der Waals surface area contributed by atoms with Crippen LogP contribution >= 0.6 is 11.6 Å². The average Bonchev–Trinajstić information content (AvgIpc) is 2.38. The third kappa shape index (κ3) is 3.79. The third-order valence-corrected chi connectivity index (χ3v) is 4.51. The lowest BCUT2D eigenvalue weighted by atomic mass is 10.4. The molecule has 0 unspecified atom stereocenters. The first-order valence-electron chi connectivity index (χ1n) is 5.20. The molecule has 0 fully saturated rings. The van der Waals surface area contributed by atoms with Crippen molar-refractivity contribution in [2.45, 2.75) is 11.3 Å². The molecule has 1 rings (SSSR count). The molecule has 0 aliphatic carbocycles. The van der Waals surface area contributed by atoms with E-state index in [-0.39, 0.29) is 22.9 Å². The lowest BCUT2D eigenvalue weighted by Crippen LogP contribution is -2.30. The summed E-state index contributed by atoms with van der Waals surface area (Å²) in [5.41, 5.74) is -0.571. The van der Waals surface area contributed by atoms with Crippen LogP contribution in [0, 0.1) is 0 Å². The Morgan fingerprint density at radius 1 is 1.53 bits per heavy atom. The van der Waals surface area contributed by atoms with E-state index in [1.54, 1.807) is 0 Å². The van der Waals surface area contributed by atoms with E-state index in [1.807, 2.05) is 0 Å². The largest absolute Gasteiger partial charge is 0.469 e. The maximum Gasteiger partial charge on any atom is 0.306 e. The van der Waals surface area contributed by atoms with Crippen molar-refractivity contribution in [3.8, 4) is 0 Å². The minimum Gasteiger partial charge on any atom is -0.469 e. The molecule has 0 atom stereocenters. The van der Waals surface area contributed by atoms with Crippen LogP contribution in [0.5, 0.6) is 0 Å². The third-order valence-electron chi connectivity index (χ3n) is 2.40. The fourth-order valence-electron chi connectivity index (χ4n) is 1.24. The number of ether oxygens (including phenoxy) is 1. The first kappa shape index (κ1) is 15.7. The molecule has 0 amide bonds. The van der Waals surface area contributed by atoms with E-state index in [4.69, 9.17) is 11.6 Å². The van der Waals surface area contributed by atoms with Crippen molar-refractivity contribution in [2.75, 3.05) is 20.7 Å². The van der Waals surface area contributed by atoms with Crippen LogP contribution in [0.1, 0.15) is 6.42 Å². The number of sulfonamides is 1. The highest BCUT2D eigenvalue weighted by atomic mass is 35.5. The molecule has 0 spiro atoms. The van der Waals surface area contributed by atoms with Crippen LogP contribution in [0.4, 0.5) is 0 Å². The second-order valence-electron chi connectivity index (χ2n) is 3.67. The van der Waals surface area contributed by atoms with Gasteiger partial charge in [0.15, 0.2) is 0 Å². The fourth-order valence-corrected chi connectivity index (χ4v) is 2.64. The van der Waals surface area contributed by atoms with Gasteiger partial charge in [-0.2, -0.15) is 0 Å². The van der Waals surface area contributed by atoms with Crippen molar-refractivity contribution in [1.29, 1.82) is 0 Å². The number of methoxy groups -OCH3 is 1. The molecule has 106 valence electrons. The van der Waals surface area contributed by atoms with Gasteiger partial charge in [-0.05, 0) is 6.07 Å². The number of hydrogen-bond donors (Lipinski definition) is 1. The number of esters is 1. The molecule has 9 heteroatoms. The summed E-state index contributed by atoms with van der Waals surface area (Å²) in [6, 6.07) is 1.06.